The molecule has 2 aromatic carbocycles. The lowest BCUT2D eigenvalue weighted by Gasteiger charge is -2.14. The molecule has 2 nitrogen and oxygen atoms in total. The maximum absolute atomic E-state index is 12.0. The molecular weight excluding hydrogens is 281 g/mol. The van der Waals surface area contributed by atoms with Gasteiger partial charge in [0.05, 0.1) is 6.04 Å². The van der Waals surface area contributed by atoms with Crippen LogP contribution in [0.3, 0.4) is 0 Å². The fraction of sp³-hybridized carbons (Fsp3) is 0.133. The van der Waals surface area contributed by atoms with Crippen molar-refractivity contribution in [3.8, 4) is 0 Å². The molecule has 0 heterocycles. The van der Waals surface area contributed by atoms with Gasteiger partial charge in [0.15, 0.2) is 0 Å². The van der Waals surface area contributed by atoms with Crippen LogP contribution in [0.15, 0.2) is 48.5 Å². The van der Waals surface area contributed by atoms with Gasteiger partial charge in [0.2, 0.25) is 0 Å². The van der Waals surface area contributed by atoms with E-state index in [1.54, 1.807) is 30.3 Å². The van der Waals surface area contributed by atoms with Gasteiger partial charge < -0.3 is 5.32 Å². The molecule has 0 saturated heterocycles. The molecule has 2 rings (SSSR count). The summed E-state index contributed by atoms with van der Waals surface area (Å²) < 4.78 is 0. The maximum atomic E-state index is 12.0. The highest BCUT2D eigenvalue weighted by molar-refractivity contribution is 6.31. The summed E-state index contributed by atoms with van der Waals surface area (Å²) >= 11 is 11.7. The largest absolute Gasteiger partial charge is 0.346 e. The average Bonchev–Trinajstić information content (AvgIpc) is 2.39. The van der Waals surface area contributed by atoms with Crippen molar-refractivity contribution in [3.63, 3.8) is 0 Å². The summed E-state index contributed by atoms with van der Waals surface area (Å²) in [4.78, 5) is 12.0. The van der Waals surface area contributed by atoms with E-state index < -0.39 is 0 Å². The third-order valence-electron chi connectivity index (χ3n) is 2.80. The molecule has 1 amide bonds. The van der Waals surface area contributed by atoms with Crippen LogP contribution >= 0.6 is 23.2 Å². The molecule has 1 unspecified atom stereocenters. The molecule has 0 aliphatic carbocycles. The minimum absolute atomic E-state index is 0.109. The van der Waals surface area contributed by atoms with Crippen LogP contribution in [-0.2, 0) is 0 Å². The smallest absolute Gasteiger partial charge is 0.251 e. The van der Waals surface area contributed by atoms with E-state index >= 15 is 0 Å². The predicted molar refractivity (Wildman–Crippen MR) is 78.8 cm³/mol. The Bertz CT molecular complexity index is 581. The van der Waals surface area contributed by atoms with Gasteiger partial charge in [-0.2, -0.15) is 0 Å². The number of amides is 1. The van der Waals surface area contributed by atoms with Gasteiger partial charge >= 0.3 is 0 Å². The van der Waals surface area contributed by atoms with Gasteiger partial charge in [0.1, 0.15) is 0 Å². The number of carbonyl (C=O) groups excluding carboxylic acids is 1. The van der Waals surface area contributed by atoms with Crippen LogP contribution in [0.25, 0.3) is 0 Å². The van der Waals surface area contributed by atoms with Gasteiger partial charge in [0.25, 0.3) is 5.91 Å². The van der Waals surface area contributed by atoms with Gasteiger partial charge in [-0.25, -0.2) is 0 Å². The molecule has 98 valence electrons. The topological polar surface area (TPSA) is 29.1 Å². The maximum Gasteiger partial charge on any atom is 0.251 e. The SMILES string of the molecule is CC(NC(=O)c1ccc(Cl)cc1)c1cccc(Cl)c1. The van der Waals surface area contributed by atoms with Crippen LogP contribution in [0.2, 0.25) is 10.0 Å². The first-order valence-electron chi connectivity index (χ1n) is 5.88. The number of halogens is 2. The summed E-state index contributed by atoms with van der Waals surface area (Å²) in [5, 5.41) is 4.19. The molecule has 0 spiro atoms. The van der Waals surface area contributed by atoms with Crippen LogP contribution in [0, 0.1) is 0 Å². The Kier molecular flexibility index (Phi) is 4.46. The number of benzene rings is 2. The molecule has 1 N–H and O–H groups in total. The third kappa shape index (κ3) is 3.72. The van der Waals surface area contributed by atoms with E-state index in [-0.39, 0.29) is 11.9 Å². The second-order valence-electron chi connectivity index (χ2n) is 4.26. The lowest BCUT2D eigenvalue weighted by Crippen LogP contribution is -2.26. The van der Waals surface area contributed by atoms with E-state index in [2.05, 4.69) is 5.32 Å². The summed E-state index contributed by atoms with van der Waals surface area (Å²) in [6, 6.07) is 14.1. The van der Waals surface area contributed by atoms with Crippen molar-refractivity contribution in [2.75, 3.05) is 0 Å². The van der Waals surface area contributed by atoms with E-state index in [4.69, 9.17) is 23.2 Å². The molecule has 0 aliphatic rings. The number of rotatable bonds is 3. The molecule has 0 aliphatic heterocycles. The van der Waals surface area contributed by atoms with Crippen LogP contribution in [0.4, 0.5) is 0 Å². The minimum Gasteiger partial charge on any atom is -0.346 e. The predicted octanol–water partition coefficient (Wildman–Crippen LogP) is 4.48. The quantitative estimate of drug-likeness (QED) is 0.888. The Balaban J connectivity index is 2.08. The van der Waals surface area contributed by atoms with Crippen molar-refractivity contribution in [2.24, 2.45) is 0 Å². The van der Waals surface area contributed by atoms with Gasteiger partial charge in [-0.1, -0.05) is 35.3 Å². The summed E-state index contributed by atoms with van der Waals surface area (Å²) in [6.07, 6.45) is 0. The van der Waals surface area contributed by atoms with Crippen molar-refractivity contribution >= 4 is 29.1 Å². The molecule has 0 bridgehead atoms. The number of hydrogen-bond acceptors (Lipinski definition) is 1. The molecule has 0 aromatic heterocycles. The summed E-state index contributed by atoms with van der Waals surface area (Å²) in [5.74, 6) is -0.135. The number of carbonyl (C=O) groups is 1. The Labute approximate surface area is 122 Å². The Hall–Kier alpha value is -1.51. The molecule has 0 radical (unpaired) electrons. The van der Waals surface area contributed by atoms with Gasteiger partial charge in [0, 0.05) is 15.6 Å². The van der Waals surface area contributed by atoms with E-state index in [0.717, 1.165) is 5.56 Å². The Morgan fingerprint density at radius 1 is 1.05 bits per heavy atom. The highest BCUT2D eigenvalue weighted by Gasteiger charge is 2.11. The number of hydrogen-bond donors (Lipinski definition) is 1. The molecule has 0 fully saturated rings. The van der Waals surface area contributed by atoms with Crippen LogP contribution < -0.4 is 5.32 Å². The van der Waals surface area contributed by atoms with E-state index in [1.807, 2.05) is 25.1 Å². The average molecular weight is 294 g/mol. The van der Waals surface area contributed by atoms with E-state index in [9.17, 15) is 4.79 Å². The zero-order chi connectivity index (χ0) is 13.8. The Morgan fingerprint density at radius 3 is 2.37 bits per heavy atom. The van der Waals surface area contributed by atoms with E-state index in [0.29, 0.717) is 15.6 Å². The molecule has 1 atom stereocenters. The molecule has 0 saturated carbocycles. The molecular formula is C15H13Cl2NO. The highest BCUT2D eigenvalue weighted by Crippen LogP contribution is 2.18. The van der Waals surface area contributed by atoms with Crippen molar-refractivity contribution in [1.29, 1.82) is 0 Å². The van der Waals surface area contributed by atoms with Gasteiger partial charge in [-0.3, -0.25) is 4.79 Å². The summed E-state index contributed by atoms with van der Waals surface area (Å²) in [6.45, 7) is 1.92. The monoisotopic (exact) mass is 293 g/mol. The zero-order valence-corrected chi connectivity index (χ0v) is 11.9. The van der Waals surface area contributed by atoms with Crippen molar-refractivity contribution in [3.05, 3.63) is 69.7 Å². The summed E-state index contributed by atoms with van der Waals surface area (Å²) in [5.41, 5.74) is 1.55. The lowest BCUT2D eigenvalue weighted by molar-refractivity contribution is 0.0940. The highest BCUT2D eigenvalue weighted by atomic mass is 35.5. The first-order valence-corrected chi connectivity index (χ1v) is 6.64. The van der Waals surface area contributed by atoms with E-state index in [1.165, 1.54) is 0 Å². The minimum atomic E-state index is -0.135. The summed E-state index contributed by atoms with van der Waals surface area (Å²) in [7, 11) is 0. The van der Waals surface area contributed by atoms with Crippen molar-refractivity contribution in [2.45, 2.75) is 13.0 Å². The normalized spacial score (nSPS) is 11.9. The number of nitrogens with one attached hydrogen (secondary N) is 1. The van der Waals surface area contributed by atoms with Crippen molar-refractivity contribution < 1.29 is 4.79 Å². The van der Waals surface area contributed by atoms with Crippen LogP contribution in [0.5, 0.6) is 0 Å². The molecule has 2 aromatic rings. The van der Waals surface area contributed by atoms with Crippen LogP contribution in [0.1, 0.15) is 28.9 Å². The zero-order valence-electron chi connectivity index (χ0n) is 10.4. The van der Waals surface area contributed by atoms with Gasteiger partial charge in [-0.15, -0.1) is 0 Å². The first-order chi connectivity index (χ1) is 9.06. The van der Waals surface area contributed by atoms with Crippen LogP contribution in [-0.4, -0.2) is 5.91 Å². The third-order valence-corrected chi connectivity index (χ3v) is 3.29. The lowest BCUT2D eigenvalue weighted by atomic mass is 10.1. The fourth-order valence-electron chi connectivity index (χ4n) is 1.74. The molecule has 19 heavy (non-hydrogen) atoms. The fourth-order valence-corrected chi connectivity index (χ4v) is 2.07. The standard InChI is InChI=1S/C15H13Cl2NO/c1-10(12-3-2-4-14(17)9-12)18-15(19)11-5-7-13(16)8-6-11/h2-10H,1H3,(H,18,19). The Morgan fingerprint density at radius 2 is 1.74 bits per heavy atom. The molecule has 4 heteroatoms. The van der Waals surface area contributed by atoms with Crippen molar-refractivity contribution in [1.82, 2.24) is 5.32 Å². The second kappa shape index (κ2) is 6.09. The van der Waals surface area contributed by atoms with Gasteiger partial charge in [-0.05, 0) is 48.9 Å². The first kappa shape index (κ1) is 13.9. The second-order valence-corrected chi connectivity index (χ2v) is 5.13.